The van der Waals surface area contributed by atoms with Gasteiger partial charge in [0, 0.05) is 456 Å². The first-order chi connectivity index (χ1) is 44.4. The highest BCUT2D eigenvalue weighted by Crippen LogP contribution is 1.66. The molecule has 0 rings (SSSR count). The molecule has 0 saturated carbocycles. The fourth-order valence-electron chi connectivity index (χ4n) is 2.68. The first-order valence-corrected chi connectivity index (χ1v) is 22.2. The van der Waals surface area contributed by atoms with Crippen molar-refractivity contribution in [2.45, 2.75) is 6.92 Å². The molecule has 0 aromatic rings. The largest absolute Gasteiger partial charge is 0.183 e. The van der Waals surface area contributed by atoms with Crippen LogP contribution in [-0.4, -0.2) is 0 Å². The summed E-state index contributed by atoms with van der Waals surface area (Å²) in [5.74, 6) is 214. The summed E-state index contributed by atoms with van der Waals surface area (Å²) < 4.78 is 0. The Morgan fingerprint density at radius 2 is 0.146 bits per heavy atom. The van der Waals surface area contributed by atoms with Crippen molar-refractivity contribution in [2.24, 2.45) is 0 Å². The molecule has 1 nitrogen and oxygen atoms in total. The Hall–Kier alpha value is -19.4. The standard InChI is InChI=1S/C88H3N/c1-2-3-4-5-6-7-8-9-10-11-12-13-14-15-16-17-18-19-20-21-22-23-24-25-26-27-28-29-30-31-32-33-34-35-36-37-38-39-40-41-42-43-44-45-46-47-48-49-50-51-52-53-54-55-56-57-58-59-60-61-62-63-64-65-66-67-68-69-70-71-72-73-74-75-76-77-78-79-80-81-82-83-84-85-86-87-88-89/h1H3. The van der Waals surface area contributed by atoms with E-state index in [9.17, 15) is 0 Å². The zero-order valence-electron chi connectivity index (χ0n) is 44.9. The fraction of sp³-hybridized carbons (Fsp3) is 0.0114. The molecule has 0 unspecified atom stereocenters. The first kappa shape index (κ1) is 69.6. The van der Waals surface area contributed by atoms with Crippen LogP contribution in [-0.2, 0) is 0 Å². The third kappa shape index (κ3) is 68.6. The van der Waals surface area contributed by atoms with Crippen molar-refractivity contribution >= 4 is 0 Å². The maximum absolute atomic E-state index is 8.22. The monoisotopic (exact) mass is 1070 g/mol. The summed E-state index contributed by atoms with van der Waals surface area (Å²) in [6.07, 6.45) is 0. The van der Waals surface area contributed by atoms with E-state index in [0.29, 0.717) is 0 Å². The predicted octanol–water partition coefficient (Wildman–Crippen LogP) is 0.676. The molecule has 0 spiro atoms. The molecule has 0 radical (unpaired) electrons. The van der Waals surface area contributed by atoms with E-state index in [1.807, 2.05) is 0 Å². The van der Waals surface area contributed by atoms with Gasteiger partial charge in [0.15, 0.2) is 6.07 Å². The van der Waals surface area contributed by atoms with E-state index in [-0.39, 0.29) is 0 Å². The molecule has 89 heavy (non-hydrogen) atoms. The third-order valence-electron chi connectivity index (χ3n) is 5.43. The molecule has 0 heterocycles. The van der Waals surface area contributed by atoms with Crippen LogP contribution in [0.4, 0.5) is 0 Å². The van der Waals surface area contributed by atoms with Crippen LogP contribution in [0.15, 0.2) is 0 Å². The molecular formula is C88H3N. The quantitative estimate of drug-likeness (QED) is 0.328. The van der Waals surface area contributed by atoms with Gasteiger partial charge in [-0.05, 0) is 54.3 Å². The second-order valence-corrected chi connectivity index (χ2v) is 11.0. The lowest BCUT2D eigenvalue weighted by atomic mass is 10.4. The van der Waals surface area contributed by atoms with Gasteiger partial charge < -0.3 is 0 Å². The van der Waals surface area contributed by atoms with Crippen LogP contribution >= 0.6 is 0 Å². The average molecular weight is 1070 g/mol. The van der Waals surface area contributed by atoms with E-state index in [1.165, 1.54) is 0 Å². The van der Waals surface area contributed by atoms with Crippen molar-refractivity contribution in [2.75, 3.05) is 0 Å². The molecular weight excluding hydrogens is 1070 g/mol. The lowest BCUT2D eigenvalue weighted by Gasteiger charge is -1.58. The van der Waals surface area contributed by atoms with Crippen LogP contribution in [0.1, 0.15) is 6.92 Å². The number of hydrogen-bond acceptors (Lipinski definition) is 1. The fourth-order valence-corrected chi connectivity index (χ4v) is 2.68. The molecule has 1 heteroatoms. The van der Waals surface area contributed by atoms with Crippen molar-refractivity contribution in [1.82, 2.24) is 0 Å². The van der Waals surface area contributed by atoms with E-state index in [1.54, 1.807) is 13.0 Å². The number of nitrogens with zero attached hydrogens (tertiary/aromatic N) is 1. The molecule has 0 aromatic heterocycles. The highest BCUT2D eigenvalue weighted by atomic mass is 14.2. The Balaban J connectivity index is 4.63. The van der Waals surface area contributed by atoms with E-state index in [4.69, 9.17) is 5.26 Å². The summed E-state index contributed by atoms with van der Waals surface area (Å²) in [5.41, 5.74) is 0. The summed E-state index contributed by atoms with van der Waals surface area (Å²) in [6.45, 7) is 1.68. The van der Waals surface area contributed by atoms with Crippen molar-refractivity contribution in [3.8, 4) is 515 Å². The third-order valence-corrected chi connectivity index (χ3v) is 5.43. The Morgan fingerprint density at radius 3 is 0.202 bits per heavy atom. The Labute approximate surface area is 524 Å². The molecule has 0 aliphatic heterocycles. The highest BCUT2D eigenvalue weighted by molar-refractivity contribution is 5.55. The normalized spacial score (nSPS) is 3.96. The Bertz CT molecular complexity index is 6160. The van der Waals surface area contributed by atoms with Crippen LogP contribution in [0.2, 0.25) is 0 Å². The van der Waals surface area contributed by atoms with Gasteiger partial charge in [0.2, 0.25) is 0 Å². The zero-order chi connectivity index (χ0) is 63.5. The van der Waals surface area contributed by atoms with E-state index in [0.717, 1.165) is 0 Å². The van der Waals surface area contributed by atoms with Gasteiger partial charge in [0.05, 0.1) is 0 Å². The van der Waals surface area contributed by atoms with Crippen molar-refractivity contribution in [3.63, 3.8) is 0 Å². The minimum absolute atomic E-state index is 1.63. The Kier molecular flexibility index (Phi) is 53.6. The van der Waals surface area contributed by atoms with Gasteiger partial charge in [-0.15, -0.1) is 0 Å². The number of rotatable bonds is 0. The van der Waals surface area contributed by atoms with Crippen LogP contribution < -0.4 is 0 Å². The topological polar surface area (TPSA) is 23.8 Å². The molecule has 0 N–H and O–H groups in total. The molecule has 0 aliphatic rings. The summed E-state index contributed by atoms with van der Waals surface area (Å²) in [7, 11) is 0. The van der Waals surface area contributed by atoms with Gasteiger partial charge in [0.1, 0.15) is 0 Å². The SMILES string of the molecule is CC#CC#CC#CC#CC#CC#CC#CC#CC#CC#CC#CC#CC#CC#CC#CC#CC#CC#CC#CC#CC#CC#CC#CC#CC#CC#CC#CC#CC#CC#CC#CC#CC#CC#CC#CC#CC#CC#CC#CC#CC#CC#CC#CC#N. The molecule has 0 saturated heterocycles. The molecule has 0 aliphatic carbocycles. The lowest BCUT2D eigenvalue weighted by molar-refractivity contribution is 1.55. The summed E-state index contributed by atoms with van der Waals surface area (Å²) in [4.78, 5) is 0. The smallest absolute Gasteiger partial charge is 0.153 e. The summed E-state index contributed by atoms with van der Waals surface area (Å²) >= 11 is 0. The van der Waals surface area contributed by atoms with Gasteiger partial charge in [-0.1, -0.05) is 5.92 Å². The molecule has 0 fully saturated rings. The molecule has 0 atom stereocenters. The van der Waals surface area contributed by atoms with Crippen LogP contribution in [0, 0.1) is 520 Å². The summed E-state index contributed by atoms with van der Waals surface area (Å²) in [6, 6.07) is 1.63. The predicted molar refractivity (Wildman–Crippen MR) is 346 cm³/mol. The Morgan fingerprint density at radius 1 is 0.0899 bits per heavy atom. The van der Waals surface area contributed by atoms with Crippen LogP contribution in [0.3, 0.4) is 0 Å². The maximum atomic E-state index is 8.22. The van der Waals surface area contributed by atoms with Gasteiger partial charge in [0.25, 0.3) is 0 Å². The second-order valence-electron chi connectivity index (χ2n) is 11.0. The first-order valence-electron chi connectivity index (χ1n) is 22.2. The minimum Gasteiger partial charge on any atom is -0.183 e. The van der Waals surface area contributed by atoms with Gasteiger partial charge in [-0.25, -0.2) is 0 Å². The summed E-state index contributed by atoms with van der Waals surface area (Å²) in [5, 5.41) is 8.22. The molecule has 0 amide bonds. The minimum atomic E-state index is 1.63. The van der Waals surface area contributed by atoms with Crippen molar-refractivity contribution < 1.29 is 0 Å². The molecule has 360 valence electrons. The average Bonchev–Trinajstić information content (AvgIpc) is 3.54. The zero-order valence-corrected chi connectivity index (χ0v) is 44.9. The van der Waals surface area contributed by atoms with E-state index >= 15 is 0 Å². The van der Waals surface area contributed by atoms with E-state index < -0.39 is 0 Å². The van der Waals surface area contributed by atoms with Gasteiger partial charge >= 0.3 is 0 Å². The highest BCUT2D eigenvalue weighted by Gasteiger charge is 1.66. The molecule has 0 aromatic carbocycles. The molecule has 0 bridgehead atoms. The lowest BCUT2D eigenvalue weighted by Crippen LogP contribution is -1.57. The van der Waals surface area contributed by atoms with Crippen LogP contribution in [0.25, 0.3) is 0 Å². The van der Waals surface area contributed by atoms with Crippen LogP contribution in [0.5, 0.6) is 0 Å². The van der Waals surface area contributed by atoms with Gasteiger partial charge in [-0.3, -0.25) is 0 Å². The van der Waals surface area contributed by atoms with Crippen molar-refractivity contribution in [1.29, 1.82) is 5.26 Å². The van der Waals surface area contributed by atoms with E-state index in [2.05, 4.69) is 509 Å². The maximum Gasteiger partial charge on any atom is 0.153 e. The second kappa shape index (κ2) is 68.6. The number of hydrogen-bond donors (Lipinski definition) is 0. The number of nitriles is 1. The van der Waals surface area contributed by atoms with Crippen molar-refractivity contribution in [3.05, 3.63) is 0 Å². The van der Waals surface area contributed by atoms with Gasteiger partial charge in [-0.2, -0.15) is 5.26 Å².